The highest BCUT2D eigenvalue weighted by atomic mass is 16.5. The first-order chi connectivity index (χ1) is 15.3. The summed E-state index contributed by atoms with van der Waals surface area (Å²) in [6.07, 6.45) is 8.90. The Bertz CT molecular complexity index is 851. The number of hydrogen-bond donors (Lipinski definition) is 3. The Labute approximate surface area is 187 Å². The Morgan fingerprint density at radius 3 is 2.66 bits per heavy atom. The average molecular weight is 450 g/mol. The van der Waals surface area contributed by atoms with Gasteiger partial charge in [-0.05, 0) is 12.3 Å². The van der Waals surface area contributed by atoms with Crippen molar-refractivity contribution in [3.63, 3.8) is 0 Å². The maximum atomic E-state index is 13.9. The summed E-state index contributed by atoms with van der Waals surface area (Å²) in [5.74, 6) is -1.10. The second-order valence-electron chi connectivity index (χ2n) is 8.91. The van der Waals surface area contributed by atoms with Crippen molar-refractivity contribution in [2.75, 3.05) is 13.1 Å². The van der Waals surface area contributed by atoms with Crippen LogP contribution in [0.4, 0.5) is 4.79 Å². The van der Waals surface area contributed by atoms with Crippen LogP contribution >= 0.6 is 0 Å². The number of rotatable bonds is 9. The molecule has 2 fully saturated rings. The van der Waals surface area contributed by atoms with E-state index in [2.05, 4.69) is 10.3 Å². The van der Waals surface area contributed by atoms with Crippen molar-refractivity contribution in [2.24, 2.45) is 24.6 Å². The van der Waals surface area contributed by atoms with Crippen LogP contribution in [0.2, 0.25) is 0 Å². The lowest BCUT2D eigenvalue weighted by Crippen LogP contribution is -2.68. The fraction of sp³-hybridized carbons (Fsp3) is 0.667. The Morgan fingerprint density at radius 1 is 1.34 bits per heavy atom. The molecule has 1 aliphatic heterocycles. The summed E-state index contributed by atoms with van der Waals surface area (Å²) in [6, 6.07) is -1.59. The number of hydroxylamine groups is 2. The van der Waals surface area contributed by atoms with Crippen LogP contribution in [0.1, 0.15) is 50.8 Å². The quantitative estimate of drug-likeness (QED) is 0.218. The van der Waals surface area contributed by atoms with E-state index in [1.165, 1.54) is 0 Å². The second kappa shape index (κ2) is 10.2. The first-order valence-electron chi connectivity index (χ1n) is 11.2. The van der Waals surface area contributed by atoms with Gasteiger partial charge in [0.25, 0.3) is 5.91 Å². The van der Waals surface area contributed by atoms with E-state index in [-0.39, 0.29) is 32.0 Å². The minimum Gasteiger partial charge on any atom is -0.364 e. The molecule has 0 radical (unpaired) electrons. The van der Waals surface area contributed by atoms with Crippen LogP contribution in [0.25, 0.3) is 0 Å². The average Bonchev–Trinajstić information content (AvgIpc) is 3.52. The number of carbonyl (C=O) groups excluding carboxylic acids is 4. The number of likely N-dealkylation sites (tertiary alicyclic amines) is 1. The van der Waals surface area contributed by atoms with Gasteiger partial charge in [-0.25, -0.2) is 19.6 Å². The summed E-state index contributed by atoms with van der Waals surface area (Å²) < 4.78 is 1.02. The van der Waals surface area contributed by atoms with Crippen molar-refractivity contribution in [2.45, 2.75) is 57.5 Å². The smallest absolute Gasteiger partial charge is 0.364 e. The molecule has 0 aromatic carbocycles. The first kappa shape index (κ1) is 23.9. The molecule has 11 nitrogen and oxygen atoms in total. The lowest BCUT2D eigenvalue weighted by Gasteiger charge is -2.36. The van der Waals surface area contributed by atoms with Crippen molar-refractivity contribution >= 4 is 24.3 Å². The van der Waals surface area contributed by atoms with Gasteiger partial charge in [0.1, 0.15) is 5.82 Å². The molecule has 32 heavy (non-hydrogen) atoms. The molecule has 1 aliphatic carbocycles. The summed E-state index contributed by atoms with van der Waals surface area (Å²) in [5.41, 5.74) is 5.64. The highest BCUT2D eigenvalue weighted by Gasteiger charge is 2.58. The van der Waals surface area contributed by atoms with Gasteiger partial charge in [-0.3, -0.25) is 20.1 Å². The number of nitrogens with one attached hydrogen (secondary N) is 1. The molecular weight excluding hydrogens is 416 g/mol. The maximum absolute atomic E-state index is 13.9. The largest absolute Gasteiger partial charge is 0.425 e. The number of imide groups is 1. The number of hydrogen-bond acceptors (Lipinski definition) is 6. The third kappa shape index (κ3) is 4.83. The third-order valence-electron chi connectivity index (χ3n) is 6.89. The molecular formula is C21H33N6O5+. The molecule has 1 saturated carbocycles. The van der Waals surface area contributed by atoms with Crippen LogP contribution < -0.4 is 11.1 Å². The van der Waals surface area contributed by atoms with Crippen LogP contribution in [0.5, 0.6) is 0 Å². The summed E-state index contributed by atoms with van der Waals surface area (Å²) in [5, 5.41) is 13.1. The fourth-order valence-corrected chi connectivity index (χ4v) is 5.24. The number of nitrogens with zero attached hydrogens (tertiary/aromatic N) is 4. The molecule has 5 amide bonds. The fourth-order valence-electron chi connectivity index (χ4n) is 5.24. The Balaban J connectivity index is 1.89. The Morgan fingerprint density at radius 2 is 2.06 bits per heavy atom. The van der Waals surface area contributed by atoms with Crippen LogP contribution in [-0.4, -0.2) is 67.7 Å². The van der Waals surface area contributed by atoms with Gasteiger partial charge in [0, 0.05) is 32.3 Å². The number of nitrogens with two attached hydrogens (primary N) is 1. The molecule has 176 valence electrons. The Kier molecular flexibility index (Phi) is 7.62. The van der Waals surface area contributed by atoms with E-state index in [9.17, 15) is 24.4 Å². The minimum atomic E-state index is -0.988. The van der Waals surface area contributed by atoms with E-state index < -0.39 is 34.3 Å². The van der Waals surface area contributed by atoms with Crippen molar-refractivity contribution in [3.05, 3.63) is 18.2 Å². The number of carbonyl (C=O) groups is 4. The molecule has 2 aliphatic rings. The maximum Gasteiger partial charge on any atom is 0.425 e. The SMILES string of the molecule is Cn1ccnc1CNC(=O)[N+]1(C(=O)[C@H](CC2CCCC2)CN(O)C=O)CCC[C@H]1C(N)=O. The summed E-state index contributed by atoms with van der Waals surface area (Å²) in [6.45, 7) is 0.0122. The van der Waals surface area contributed by atoms with Crippen molar-refractivity contribution in [1.29, 1.82) is 0 Å². The number of imidazole rings is 1. The van der Waals surface area contributed by atoms with E-state index in [1.807, 2.05) is 0 Å². The van der Waals surface area contributed by atoms with Gasteiger partial charge < -0.3 is 10.3 Å². The van der Waals surface area contributed by atoms with Gasteiger partial charge in [0.05, 0.1) is 25.6 Å². The van der Waals surface area contributed by atoms with Gasteiger partial charge in [-0.1, -0.05) is 25.7 Å². The zero-order valence-electron chi connectivity index (χ0n) is 18.5. The molecule has 0 spiro atoms. The monoisotopic (exact) mass is 449 g/mol. The van der Waals surface area contributed by atoms with Gasteiger partial charge in [-0.2, -0.15) is 4.48 Å². The van der Waals surface area contributed by atoms with Crippen molar-refractivity contribution in [1.82, 2.24) is 19.9 Å². The van der Waals surface area contributed by atoms with E-state index in [1.54, 1.807) is 24.0 Å². The summed E-state index contributed by atoms with van der Waals surface area (Å²) in [7, 11) is 1.79. The summed E-state index contributed by atoms with van der Waals surface area (Å²) in [4.78, 5) is 54.9. The van der Waals surface area contributed by atoms with E-state index in [0.29, 0.717) is 30.2 Å². The number of aromatic nitrogens is 2. The number of amides is 5. The topological polar surface area (TPSA) is 148 Å². The van der Waals surface area contributed by atoms with Gasteiger partial charge >= 0.3 is 11.9 Å². The van der Waals surface area contributed by atoms with Gasteiger partial charge in [0.15, 0.2) is 6.04 Å². The molecule has 3 rings (SSSR count). The van der Waals surface area contributed by atoms with E-state index in [4.69, 9.17) is 5.73 Å². The first-order valence-corrected chi connectivity index (χ1v) is 11.2. The number of primary amides is 1. The van der Waals surface area contributed by atoms with Gasteiger partial charge in [-0.15, -0.1) is 0 Å². The van der Waals surface area contributed by atoms with Crippen molar-refractivity contribution in [3.8, 4) is 0 Å². The van der Waals surface area contributed by atoms with Crippen molar-refractivity contribution < 1.29 is 28.9 Å². The predicted octanol–water partition coefficient (Wildman–Crippen LogP) is 0.665. The number of aryl methyl sites for hydroxylation is 1. The predicted molar refractivity (Wildman–Crippen MR) is 112 cm³/mol. The second-order valence-corrected chi connectivity index (χ2v) is 8.91. The van der Waals surface area contributed by atoms with Crippen LogP contribution in [0.15, 0.2) is 12.4 Å². The lowest BCUT2D eigenvalue weighted by molar-refractivity contribution is -0.779. The molecule has 1 saturated heterocycles. The molecule has 2 heterocycles. The standard InChI is InChI=1S/C21H32N6O5/c1-25-9-8-23-18(25)12-24-21(31)27(10-4-7-17(27)19(22)29)20(30)16(13-26(32)14-28)11-15-5-2-3-6-15/h8-9,14-17,32H,2-7,10-13H2,1H3,(H2-,22,24,29,31)/p+1/t16-,17+,27?/m1/s1. The minimum absolute atomic E-state index is 0.0921. The van der Waals surface area contributed by atoms with Gasteiger partial charge in [0.2, 0.25) is 6.41 Å². The molecule has 4 N–H and O–H groups in total. The molecule has 1 aromatic rings. The summed E-state index contributed by atoms with van der Waals surface area (Å²) >= 11 is 0. The zero-order valence-corrected chi connectivity index (χ0v) is 18.5. The van der Waals surface area contributed by atoms with E-state index in [0.717, 1.165) is 25.7 Å². The van der Waals surface area contributed by atoms with Crippen LogP contribution in [0.3, 0.4) is 0 Å². The lowest BCUT2D eigenvalue weighted by atomic mass is 9.90. The van der Waals surface area contributed by atoms with Crippen LogP contribution in [-0.2, 0) is 28.0 Å². The number of urea groups is 1. The highest BCUT2D eigenvalue weighted by Crippen LogP contribution is 2.36. The molecule has 11 heteroatoms. The van der Waals surface area contributed by atoms with Crippen LogP contribution in [0, 0.1) is 11.8 Å². The number of quaternary nitrogens is 1. The molecule has 1 unspecified atom stereocenters. The Hall–Kier alpha value is -2.79. The normalized spacial score (nSPS) is 24.2. The molecule has 1 aromatic heterocycles. The molecule has 3 atom stereocenters. The van der Waals surface area contributed by atoms with E-state index >= 15 is 0 Å². The highest BCUT2D eigenvalue weighted by molar-refractivity contribution is 5.91. The molecule has 0 bridgehead atoms. The zero-order chi connectivity index (χ0) is 23.3. The third-order valence-corrected chi connectivity index (χ3v) is 6.89.